The third-order valence-electron chi connectivity index (χ3n) is 5.77. The molecule has 1 saturated heterocycles. The summed E-state index contributed by atoms with van der Waals surface area (Å²) in [5, 5.41) is 4.12. The minimum atomic E-state index is 0.0224. The van der Waals surface area contributed by atoms with Crippen LogP contribution in [0, 0.1) is 0 Å². The zero-order valence-corrected chi connectivity index (χ0v) is 19.6. The second-order valence-electron chi connectivity index (χ2n) is 8.07. The Kier molecular flexibility index (Phi) is 7.62. The van der Waals surface area contributed by atoms with E-state index >= 15 is 0 Å². The highest BCUT2D eigenvalue weighted by Crippen LogP contribution is 2.26. The Labute approximate surface area is 198 Å². The first-order chi connectivity index (χ1) is 16.2. The van der Waals surface area contributed by atoms with Crippen molar-refractivity contribution in [3.63, 3.8) is 0 Å². The van der Waals surface area contributed by atoms with Gasteiger partial charge in [-0.25, -0.2) is 9.97 Å². The lowest BCUT2D eigenvalue weighted by molar-refractivity contribution is -0.126. The Balaban J connectivity index is 1.35. The number of fused-ring (bicyclic) bond motifs is 1. The number of carbonyl (C=O) groups excluding carboxylic acids is 2. The number of para-hydroxylation sites is 1. The number of pyridine rings is 1. The molecule has 0 radical (unpaired) electrons. The number of likely N-dealkylation sites (tertiary alicyclic amines) is 1. The van der Waals surface area contributed by atoms with Gasteiger partial charge in [0.2, 0.25) is 5.91 Å². The number of rotatable bonds is 8. The molecule has 2 aromatic heterocycles. The number of aldehydes is 1. The van der Waals surface area contributed by atoms with Crippen molar-refractivity contribution in [2.75, 3.05) is 25.5 Å². The first-order valence-electron chi connectivity index (χ1n) is 11.3. The highest BCUT2D eigenvalue weighted by Gasteiger charge is 2.17. The number of hydrogen-bond acceptors (Lipinski definition) is 6. The van der Waals surface area contributed by atoms with Crippen molar-refractivity contribution < 1.29 is 9.59 Å². The molecular formula is C26H28N4O2S. The molecule has 7 heteroatoms. The van der Waals surface area contributed by atoms with Crippen LogP contribution in [0.3, 0.4) is 0 Å². The first-order valence-corrected chi connectivity index (χ1v) is 12.1. The van der Waals surface area contributed by atoms with E-state index in [4.69, 9.17) is 0 Å². The quantitative estimate of drug-likeness (QED) is 0.292. The highest BCUT2D eigenvalue weighted by molar-refractivity contribution is 7.19. The molecule has 33 heavy (non-hydrogen) atoms. The van der Waals surface area contributed by atoms with E-state index in [0.717, 1.165) is 59.4 Å². The summed E-state index contributed by atoms with van der Waals surface area (Å²) in [6.07, 6.45) is 12.2. The van der Waals surface area contributed by atoms with Gasteiger partial charge in [-0.05, 0) is 67.2 Å². The first kappa shape index (κ1) is 22.9. The number of benzene rings is 1. The molecule has 6 nitrogen and oxygen atoms in total. The van der Waals surface area contributed by atoms with Crippen LogP contribution in [0.1, 0.15) is 41.8 Å². The smallest absolute Gasteiger partial charge is 0.246 e. The molecule has 1 N–H and O–H groups in total. The number of unbranched alkanes of at least 4 members (excludes halogenated alkanes) is 1. The Hall–Kier alpha value is -3.32. The van der Waals surface area contributed by atoms with Crippen LogP contribution in [0.15, 0.2) is 48.2 Å². The van der Waals surface area contributed by atoms with Gasteiger partial charge in [-0.3, -0.25) is 4.79 Å². The van der Waals surface area contributed by atoms with Gasteiger partial charge in [0.05, 0.1) is 10.2 Å². The molecule has 3 heterocycles. The summed E-state index contributed by atoms with van der Waals surface area (Å²) in [5.74, 6) is 0.835. The lowest BCUT2D eigenvalue weighted by Gasteiger charge is -2.27. The van der Waals surface area contributed by atoms with Crippen LogP contribution in [-0.2, 0) is 16.0 Å². The summed E-state index contributed by atoms with van der Waals surface area (Å²) in [4.78, 5) is 34.3. The lowest BCUT2D eigenvalue weighted by atomic mass is 10.0. The lowest BCUT2D eigenvalue weighted by Crippen LogP contribution is -2.35. The van der Waals surface area contributed by atoms with E-state index < -0.39 is 0 Å². The standard InChI is InChI=1S/C26H28N4O2S/c1-27-26-21(6-4-5-15-31)16-20(18-28-26)9-10-25(32)30-13-11-19(12-14-30)17-24-29-22-7-2-3-8-23(22)33-24/h2-3,7-10,15-18H,4-6,11-14H2,1H3,(H,27,28)/b10-9+. The van der Waals surface area contributed by atoms with Crippen LogP contribution in [0.5, 0.6) is 0 Å². The number of nitrogens with zero attached hydrogens (tertiary/aromatic N) is 3. The van der Waals surface area contributed by atoms with Crippen LogP contribution in [0.4, 0.5) is 5.82 Å². The number of anilines is 1. The van der Waals surface area contributed by atoms with Crippen molar-refractivity contribution in [3.05, 3.63) is 64.3 Å². The fourth-order valence-corrected chi connectivity index (χ4v) is 4.93. The van der Waals surface area contributed by atoms with Crippen LogP contribution in [-0.4, -0.2) is 47.2 Å². The molecular weight excluding hydrogens is 432 g/mol. The summed E-state index contributed by atoms with van der Waals surface area (Å²) >= 11 is 1.71. The average Bonchev–Trinajstić information content (AvgIpc) is 3.25. The molecule has 1 aromatic carbocycles. The normalized spacial score (nSPS) is 14.1. The van der Waals surface area contributed by atoms with E-state index in [1.807, 2.05) is 42.3 Å². The predicted molar refractivity (Wildman–Crippen MR) is 135 cm³/mol. The third-order valence-corrected chi connectivity index (χ3v) is 6.75. The molecule has 1 fully saturated rings. The van der Waals surface area contributed by atoms with Gasteiger partial charge in [-0.15, -0.1) is 11.3 Å². The van der Waals surface area contributed by atoms with Crippen molar-refractivity contribution >= 4 is 51.7 Å². The van der Waals surface area contributed by atoms with Crippen molar-refractivity contribution in [2.45, 2.75) is 32.1 Å². The van der Waals surface area contributed by atoms with Gasteiger partial charge in [0, 0.05) is 38.8 Å². The summed E-state index contributed by atoms with van der Waals surface area (Å²) in [6, 6.07) is 10.2. The maximum absolute atomic E-state index is 12.7. The van der Waals surface area contributed by atoms with Crippen molar-refractivity contribution in [1.82, 2.24) is 14.9 Å². The predicted octanol–water partition coefficient (Wildman–Crippen LogP) is 4.97. The minimum Gasteiger partial charge on any atom is -0.373 e. The van der Waals surface area contributed by atoms with E-state index in [2.05, 4.69) is 27.4 Å². The summed E-state index contributed by atoms with van der Waals surface area (Å²) < 4.78 is 1.20. The second kappa shape index (κ2) is 11.0. The van der Waals surface area contributed by atoms with Gasteiger partial charge < -0.3 is 15.0 Å². The largest absolute Gasteiger partial charge is 0.373 e. The van der Waals surface area contributed by atoms with Gasteiger partial charge in [-0.2, -0.15) is 0 Å². The van der Waals surface area contributed by atoms with E-state index in [1.54, 1.807) is 23.6 Å². The van der Waals surface area contributed by atoms with E-state index in [9.17, 15) is 9.59 Å². The molecule has 0 unspecified atom stereocenters. The maximum Gasteiger partial charge on any atom is 0.246 e. The number of thiazole rings is 1. The number of aromatic nitrogens is 2. The Morgan fingerprint density at radius 3 is 2.82 bits per heavy atom. The maximum atomic E-state index is 12.7. The highest BCUT2D eigenvalue weighted by atomic mass is 32.1. The van der Waals surface area contributed by atoms with Crippen molar-refractivity contribution in [3.8, 4) is 0 Å². The third kappa shape index (κ3) is 5.93. The molecule has 0 atom stereocenters. The van der Waals surface area contributed by atoms with Crippen LogP contribution in [0.2, 0.25) is 0 Å². The van der Waals surface area contributed by atoms with Crippen molar-refractivity contribution in [1.29, 1.82) is 0 Å². The zero-order chi connectivity index (χ0) is 23.0. The Morgan fingerprint density at radius 1 is 1.24 bits per heavy atom. The Morgan fingerprint density at radius 2 is 2.06 bits per heavy atom. The molecule has 1 aliphatic heterocycles. The summed E-state index contributed by atoms with van der Waals surface area (Å²) in [6.45, 7) is 1.43. The fourth-order valence-electron chi connectivity index (χ4n) is 3.97. The van der Waals surface area contributed by atoms with Crippen molar-refractivity contribution in [2.24, 2.45) is 0 Å². The van der Waals surface area contributed by atoms with Gasteiger partial charge in [0.1, 0.15) is 17.1 Å². The van der Waals surface area contributed by atoms with Gasteiger partial charge >= 0.3 is 0 Å². The summed E-state index contributed by atoms with van der Waals surface area (Å²) in [7, 11) is 1.83. The second-order valence-corrected chi connectivity index (χ2v) is 9.13. The van der Waals surface area contributed by atoms with E-state index in [-0.39, 0.29) is 5.91 Å². The van der Waals surface area contributed by atoms with E-state index in [1.165, 1.54) is 10.3 Å². The number of piperidine rings is 1. The zero-order valence-electron chi connectivity index (χ0n) is 18.8. The SMILES string of the molecule is CNc1ncc(/C=C/C(=O)N2CCC(=Cc3nc4ccccc4s3)CC2)cc1CCCC=O. The average molecular weight is 461 g/mol. The minimum absolute atomic E-state index is 0.0224. The van der Waals surface area contributed by atoms with Gasteiger partial charge in [0.15, 0.2) is 0 Å². The monoisotopic (exact) mass is 460 g/mol. The molecule has 3 aromatic rings. The fraction of sp³-hybridized carbons (Fsp3) is 0.308. The molecule has 1 amide bonds. The topological polar surface area (TPSA) is 75.2 Å². The number of hydrogen-bond donors (Lipinski definition) is 1. The number of aryl methyl sites for hydroxylation is 1. The molecule has 170 valence electrons. The molecule has 0 aliphatic carbocycles. The molecule has 4 rings (SSSR count). The number of carbonyl (C=O) groups is 2. The van der Waals surface area contributed by atoms with Crippen LogP contribution < -0.4 is 5.32 Å². The Bertz CT molecular complexity index is 1150. The number of amides is 1. The van der Waals surface area contributed by atoms with Crippen LogP contribution in [0.25, 0.3) is 22.4 Å². The molecule has 0 bridgehead atoms. The molecule has 0 spiro atoms. The summed E-state index contributed by atoms with van der Waals surface area (Å²) in [5.41, 5.74) is 4.32. The van der Waals surface area contributed by atoms with Gasteiger partial charge in [-0.1, -0.05) is 17.7 Å². The van der Waals surface area contributed by atoms with Gasteiger partial charge in [0.25, 0.3) is 0 Å². The number of nitrogens with one attached hydrogen (secondary N) is 1. The van der Waals surface area contributed by atoms with E-state index in [0.29, 0.717) is 19.5 Å². The molecule has 1 aliphatic rings. The van der Waals surface area contributed by atoms with Crippen LogP contribution >= 0.6 is 11.3 Å². The molecule has 0 saturated carbocycles.